The van der Waals surface area contributed by atoms with E-state index in [-0.39, 0.29) is 28.0 Å². The highest BCUT2D eigenvalue weighted by Crippen LogP contribution is 2.29. The number of aliphatic carboxylic acids is 1. The van der Waals surface area contributed by atoms with Gasteiger partial charge in [0.1, 0.15) is 18.4 Å². The molecule has 2 amide bonds. The van der Waals surface area contributed by atoms with E-state index >= 15 is 0 Å². The van der Waals surface area contributed by atoms with Gasteiger partial charge in [0.25, 0.3) is 5.91 Å². The first-order chi connectivity index (χ1) is 16.1. The molecule has 0 aromatic heterocycles. The van der Waals surface area contributed by atoms with Crippen LogP contribution in [-0.4, -0.2) is 52.5 Å². The second kappa shape index (κ2) is 12.8. The van der Waals surface area contributed by atoms with Crippen LogP contribution in [0.15, 0.2) is 49.1 Å². The fourth-order valence-electron chi connectivity index (χ4n) is 2.99. The normalized spacial score (nSPS) is 12.3. The van der Waals surface area contributed by atoms with Gasteiger partial charge in [0.15, 0.2) is 0 Å². The van der Waals surface area contributed by atoms with Crippen molar-refractivity contribution in [1.82, 2.24) is 10.6 Å². The number of aryl methyl sites for hydroxylation is 1. The molecule has 5 N–H and O–H groups in total. The van der Waals surface area contributed by atoms with Crippen LogP contribution >= 0.6 is 23.2 Å². The largest absolute Gasteiger partial charge is 0.508 e. The number of phenols is 1. The summed E-state index contributed by atoms with van der Waals surface area (Å²) in [6.07, 6.45) is 0.309. The van der Waals surface area contributed by atoms with E-state index in [1.54, 1.807) is 12.1 Å². The highest BCUT2D eigenvalue weighted by atomic mass is 35.5. The molecule has 0 saturated heterocycles. The molecule has 0 radical (unpaired) electrons. The van der Waals surface area contributed by atoms with Gasteiger partial charge in [0.2, 0.25) is 0 Å². The number of carbonyl (C=O) groups excluding carboxylic acids is 2. The van der Waals surface area contributed by atoms with E-state index in [4.69, 9.17) is 23.2 Å². The molecule has 2 aromatic rings. The van der Waals surface area contributed by atoms with Crippen LogP contribution in [0.1, 0.15) is 34.0 Å². The third kappa shape index (κ3) is 7.95. The third-order valence-electron chi connectivity index (χ3n) is 4.68. The van der Waals surface area contributed by atoms with Crippen molar-refractivity contribution in [3.05, 3.63) is 75.8 Å². The molecule has 2 atom stereocenters. The predicted octanol–water partition coefficient (Wildman–Crippen LogP) is 3.46. The highest BCUT2D eigenvalue weighted by Gasteiger charge is 2.25. The van der Waals surface area contributed by atoms with Gasteiger partial charge in [-0.15, -0.1) is 0 Å². The molecule has 182 valence electrons. The molecule has 11 heteroatoms. The fraction of sp³-hybridized carbons (Fsp3) is 0.261. The van der Waals surface area contributed by atoms with Crippen molar-refractivity contribution in [1.29, 1.82) is 0 Å². The molecule has 2 rings (SSSR count). The smallest absolute Gasteiger partial charge is 0.407 e. The average molecular weight is 511 g/mol. The number of carboxylic acid groups (broad SMARTS) is 1. The highest BCUT2D eigenvalue weighted by molar-refractivity contribution is 6.39. The van der Waals surface area contributed by atoms with Crippen LogP contribution in [0.3, 0.4) is 0 Å². The maximum absolute atomic E-state index is 12.6. The SMILES string of the molecule is C=CCOC(=O)NC[C@H](NC(=O)c1c(Cl)cc(CCC(O)c2cccc(O)c2)cc1Cl)C(=O)O. The second-order valence-corrected chi connectivity index (χ2v) is 8.03. The Bertz CT molecular complexity index is 1040. The molecule has 9 nitrogen and oxygen atoms in total. The van der Waals surface area contributed by atoms with Gasteiger partial charge in [-0.2, -0.15) is 0 Å². The van der Waals surface area contributed by atoms with E-state index in [1.165, 1.54) is 30.3 Å². The van der Waals surface area contributed by atoms with Gasteiger partial charge in [-0.25, -0.2) is 9.59 Å². The Balaban J connectivity index is 2.04. The van der Waals surface area contributed by atoms with Gasteiger partial charge in [-0.1, -0.05) is 48.0 Å². The molecule has 2 aromatic carbocycles. The van der Waals surface area contributed by atoms with E-state index in [2.05, 4.69) is 21.9 Å². The molecule has 34 heavy (non-hydrogen) atoms. The lowest BCUT2D eigenvalue weighted by molar-refractivity contribution is -0.139. The minimum Gasteiger partial charge on any atom is -0.508 e. The summed E-state index contributed by atoms with van der Waals surface area (Å²) < 4.78 is 4.69. The van der Waals surface area contributed by atoms with Crippen molar-refractivity contribution < 1.29 is 34.4 Å². The van der Waals surface area contributed by atoms with Gasteiger partial charge in [-0.3, -0.25) is 4.79 Å². The van der Waals surface area contributed by atoms with Crippen LogP contribution in [0.2, 0.25) is 10.0 Å². The number of halogens is 2. The zero-order valence-electron chi connectivity index (χ0n) is 18.0. The van der Waals surface area contributed by atoms with Crippen molar-refractivity contribution >= 4 is 41.2 Å². The summed E-state index contributed by atoms with van der Waals surface area (Å²) in [4.78, 5) is 35.6. The van der Waals surface area contributed by atoms with Gasteiger partial charge < -0.3 is 30.7 Å². The van der Waals surface area contributed by atoms with Crippen LogP contribution in [-0.2, 0) is 16.0 Å². The number of aromatic hydroxyl groups is 1. The van der Waals surface area contributed by atoms with Gasteiger partial charge in [0, 0.05) is 0 Å². The second-order valence-electron chi connectivity index (χ2n) is 7.22. The first-order valence-corrected chi connectivity index (χ1v) is 10.9. The van der Waals surface area contributed by atoms with Crippen molar-refractivity contribution in [2.75, 3.05) is 13.2 Å². The van der Waals surface area contributed by atoms with Crippen molar-refractivity contribution in [3.8, 4) is 5.75 Å². The minimum absolute atomic E-state index is 0.00524. The van der Waals surface area contributed by atoms with Crippen LogP contribution in [0.4, 0.5) is 4.79 Å². The molecular weight excluding hydrogens is 487 g/mol. The number of aliphatic hydroxyl groups excluding tert-OH is 1. The van der Waals surface area contributed by atoms with Crippen molar-refractivity contribution in [2.24, 2.45) is 0 Å². The number of hydrogen-bond acceptors (Lipinski definition) is 6. The van der Waals surface area contributed by atoms with Gasteiger partial charge in [-0.05, 0) is 48.2 Å². The number of carboxylic acids is 1. The Morgan fingerprint density at radius 3 is 2.41 bits per heavy atom. The first-order valence-electron chi connectivity index (χ1n) is 10.1. The Hall–Kier alpha value is -3.27. The molecule has 0 bridgehead atoms. The molecule has 0 saturated carbocycles. The summed E-state index contributed by atoms with van der Waals surface area (Å²) in [5.74, 6) is -2.18. The van der Waals surface area contributed by atoms with Gasteiger partial charge in [0.05, 0.1) is 28.3 Å². The van der Waals surface area contributed by atoms with Crippen molar-refractivity contribution in [2.45, 2.75) is 25.0 Å². The third-order valence-corrected chi connectivity index (χ3v) is 5.27. The fourth-order valence-corrected chi connectivity index (χ4v) is 3.69. The van der Waals surface area contributed by atoms with E-state index in [9.17, 15) is 29.7 Å². The van der Waals surface area contributed by atoms with E-state index in [0.29, 0.717) is 24.0 Å². The number of nitrogens with one attached hydrogen (secondary N) is 2. The minimum atomic E-state index is -1.46. The van der Waals surface area contributed by atoms with Crippen LogP contribution in [0.5, 0.6) is 5.75 Å². The summed E-state index contributed by atoms with van der Waals surface area (Å²) >= 11 is 12.5. The molecule has 1 unspecified atom stereocenters. The number of rotatable bonds is 11. The molecule has 0 fully saturated rings. The van der Waals surface area contributed by atoms with Crippen molar-refractivity contribution in [3.63, 3.8) is 0 Å². The number of amides is 2. The van der Waals surface area contributed by atoms with Crippen LogP contribution < -0.4 is 10.6 Å². The standard InChI is InChI=1S/C23H24Cl2N2O7/c1-2-8-34-23(33)26-12-18(22(31)32)27-21(30)20-16(24)9-13(10-17(20)25)6-7-19(29)14-4-3-5-15(28)11-14/h2-5,9-11,18-19,28-29H,1,6-8,12H2,(H,26,33)(H,27,30)(H,31,32)/t18-,19?/m0/s1. The zero-order chi connectivity index (χ0) is 25.3. The van der Waals surface area contributed by atoms with Crippen LogP contribution in [0.25, 0.3) is 0 Å². The quantitative estimate of drug-likeness (QED) is 0.291. The number of phenolic OH excluding ortho intramolecular Hbond substituents is 1. The number of hydrogen-bond donors (Lipinski definition) is 5. The van der Waals surface area contributed by atoms with E-state index in [1.807, 2.05) is 0 Å². The Morgan fingerprint density at radius 2 is 1.82 bits per heavy atom. The summed E-state index contributed by atoms with van der Waals surface area (Å²) in [6.45, 7) is 2.90. The molecule has 0 aliphatic rings. The molecule has 0 aliphatic carbocycles. The number of benzene rings is 2. The molecule has 0 aliphatic heterocycles. The average Bonchev–Trinajstić information content (AvgIpc) is 2.78. The summed E-state index contributed by atoms with van der Waals surface area (Å²) in [5, 5.41) is 33.7. The Morgan fingerprint density at radius 1 is 1.15 bits per heavy atom. The molecule has 0 heterocycles. The van der Waals surface area contributed by atoms with E-state index in [0.717, 1.165) is 0 Å². The lowest BCUT2D eigenvalue weighted by Crippen LogP contribution is -2.48. The topological polar surface area (TPSA) is 145 Å². The lowest BCUT2D eigenvalue weighted by Gasteiger charge is -2.17. The number of alkyl carbamates (subject to hydrolysis) is 1. The van der Waals surface area contributed by atoms with E-state index < -0.39 is 36.7 Å². The lowest BCUT2D eigenvalue weighted by atomic mass is 10.00. The molecular formula is C23H24Cl2N2O7. The number of ether oxygens (including phenoxy) is 1. The summed E-state index contributed by atoms with van der Waals surface area (Å²) in [6, 6.07) is 7.80. The maximum Gasteiger partial charge on any atom is 0.407 e. The van der Waals surface area contributed by atoms with Gasteiger partial charge >= 0.3 is 12.1 Å². The molecule has 0 spiro atoms. The number of aliphatic hydroxyl groups is 1. The zero-order valence-corrected chi connectivity index (χ0v) is 19.5. The Labute approximate surface area is 206 Å². The Kier molecular flexibility index (Phi) is 10.2. The first kappa shape index (κ1) is 27.0. The maximum atomic E-state index is 12.6. The summed E-state index contributed by atoms with van der Waals surface area (Å²) in [5.41, 5.74) is 1.07. The number of carbonyl (C=O) groups is 3. The predicted molar refractivity (Wildman–Crippen MR) is 126 cm³/mol. The summed E-state index contributed by atoms with van der Waals surface area (Å²) in [7, 11) is 0. The monoisotopic (exact) mass is 510 g/mol. The van der Waals surface area contributed by atoms with Crippen LogP contribution in [0, 0.1) is 0 Å².